The zero-order chi connectivity index (χ0) is 13.4. The van der Waals surface area contributed by atoms with Crippen molar-refractivity contribution in [1.82, 2.24) is 9.97 Å². The van der Waals surface area contributed by atoms with Crippen LogP contribution in [-0.2, 0) is 0 Å². The Balaban J connectivity index is 2.33. The van der Waals surface area contributed by atoms with E-state index in [0.717, 1.165) is 27.2 Å². The molecule has 3 aromatic rings. The van der Waals surface area contributed by atoms with Gasteiger partial charge in [-0.05, 0) is 13.0 Å². The van der Waals surface area contributed by atoms with Gasteiger partial charge in [0.25, 0.3) is 0 Å². The molecular weight excluding hydrogens is 256 g/mol. The summed E-state index contributed by atoms with van der Waals surface area (Å²) in [4.78, 5) is 21.4. The number of ketones is 1. The van der Waals surface area contributed by atoms with Crippen LogP contribution in [0.25, 0.3) is 22.2 Å². The van der Waals surface area contributed by atoms with Gasteiger partial charge in [-0.15, -0.1) is 11.3 Å². The lowest BCUT2D eigenvalue weighted by Crippen LogP contribution is -1.93. The molecule has 0 aliphatic carbocycles. The molecule has 0 amide bonds. The molecule has 0 aliphatic rings. The van der Waals surface area contributed by atoms with E-state index in [-0.39, 0.29) is 5.78 Å². The van der Waals surface area contributed by atoms with E-state index in [9.17, 15) is 4.79 Å². The van der Waals surface area contributed by atoms with E-state index >= 15 is 0 Å². The minimum Gasteiger partial charge on any atom is -0.294 e. The van der Waals surface area contributed by atoms with Crippen LogP contribution in [0.1, 0.15) is 21.6 Å². The minimum atomic E-state index is 0.0496. The van der Waals surface area contributed by atoms with Crippen LogP contribution in [0, 0.1) is 6.92 Å². The number of hydrogen-bond acceptors (Lipinski definition) is 4. The van der Waals surface area contributed by atoms with Crippen molar-refractivity contribution in [1.29, 1.82) is 0 Å². The van der Waals surface area contributed by atoms with Crippen LogP contribution >= 0.6 is 11.3 Å². The van der Waals surface area contributed by atoms with Crippen molar-refractivity contribution in [3.63, 3.8) is 0 Å². The number of thiazole rings is 1. The Morgan fingerprint density at radius 2 is 2.00 bits per heavy atom. The third-order valence-corrected chi connectivity index (χ3v) is 4.01. The Kier molecular flexibility index (Phi) is 2.87. The maximum absolute atomic E-state index is 11.7. The van der Waals surface area contributed by atoms with Gasteiger partial charge in [-0.2, -0.15) is 0 Å². The fourth-order valence-corrected chi connectivity index (χ4v) is 2.97. The molecule has 0 radical (unpaired) electrons. The highest BCUT2D eigenvalue weighted by atomic mass is 32.1. The highest BCUT2D eigenvalue weighted by Gasteiger charge is 2.17. The molecule has 94 valence electrons. The van der Waals surface area contributed by atoms with Gasteiger partial charge >= 0.3 is 0 Å². The van der Waals surface area contributed by atoms with E-state index in [4.69, 9.17) is 0 Å². The van der Waals surface area contributed by atoms with Crippen molar-refractivity contribution >= 4 is 28.0 Å². The van der Waals surface area contributed by atoms with Crippen molar-refractivity contribution in [2.75, 3.05) is 0 Å². The molecule has 2 heterocycles. The third kappa shape index (κ3) is 2.04. The average molecular weight is 268 g/mol. The Labute approximate surface area is 115 Å². The van der Waals surface area contributed by atoms with Crippen LogP contribution in [0.5, 0.6) is 0 Å². The van der Waals surface area contributed by atoms with Gasteiger partial charge in [0.1, 0.15) is 0 Å². The molecule has 0 N–H and O–H groups in total. The van der Waals surface area contributed by atoms with Crippen molar-refractivity contribution in [2.45, 2.75) is 13.8 Å². The number of pyridine rings is 1. The number of hydrogen-bond donors (Lipinski definition) is 0. The van der Waals surface area contributed by atoms with Crippen LogP contribution in [0.15, 0.2) is 36.5 Å². The number of aryl methyl sites for hydroxylation is 1. The summed E-state index contributed by atoms with van der Waals surface area (Å²) < 4.78 is 0. The Morgan fingerprint density at radius 1 is 1.21 bits per heavy atom. The number of fused-ring (bicyclic) bond motifs is 1. The summed E-state index contributed by atoms with van der Waals surface area (Å²) >= 11 is 1.44. The maximum atomic E-state index is 11.7. The quantitative estimate of drug-likeness (QED) is 0.663. The zero-order valence-corrected chi connectivity index (χ0v) is 11.5. The van der Waals surface area contributed by atoms with Crippen LogP contribution in [0.3, 0.4) is 0 Å². The maximum Gasteiger partial charge on any atom is 0.172 e. The predicted octanol–water partition coefficient (Wildman–Crippen LogP) is 3.87. The molecule has 0 fully saturated rings. The molecule has 0 spiro atoms. The van der Waals surface area contributed by atoms with Crippen molar-refractivity contribution in [3.05, 3.63) is 46.4 Å². The number of benzene rings is 1. The van der Waals surface area contributed by atoms with Gasteiger partial charge in [0.2, 0.25) is 0 Å². The molecule has 0 atom stereocenters. The lowest BCUT2D eigenvalue weighted by molar-refractivity contribution is 0.102. The molecule has 2 aromatic heterocycles. The minimum absolute atomic E-state index is 0.0496. The third-order valence-electron chi connectivity index (χ3n) is 2.94. The largest absolute Gasteiger partial charge is 0.294 e. The van der Waals surface area contributed by atoms with E-state index in [1.54, 1.807) is 13.1 Å². The second-order valence-electron chi connectivity index (χ2n) is 4.35. The fourth-order valence-electron chi connectivity index (χ4n) is 2.14. The molecule has 3 rings (SSSR count). The number of carbonyl (C=O) groups excluding carboxylic acids is 1. The molecule has 0 saturated carbocycles. The Hall–Kier alpha value is -2.07. The first kappa shape index (κ1) is 12.0. The molecule has 0 saturated heterocycles. The molecule has 4 heteroatoms. The summed E-state index contributed by atoms with van der Waals surface area (Å²) in [6.07, 6.45) is 1.76. The predicted molar refractivity (Wildman–Crippen MR) is 77.6 cm³/mol. The van der Waals surface area contributed by atoms with E-state index in [1.807, 2.05) is 37.3 Å². The first-order valence-corrected chi connectivity index (χ1v) is 6.81. The van der Waals surface area contributed by atoms with Crippen LogP contribution in [0.2, 0.25) is 0 Å². The van der Waals surface area contributed by atoms with Gasteiger partial charge in [0.15, 0.2) is 5.78 Å². The highest BCUT2D eigenvalue weighted by Crippen LogP contribution is 2.32. The van der Waals surface area contributed by atoms with Crippen LogP contribution in [0.4, 0.5) is 0 Å². The number of Topliss-reactive ketones (excluding diaryl/α,β-unsaturated/α-hetero) is 1. The van der Waals surface area contributed by atoms with Crippen molar-refractivity contribution in [3.8, 4) is 11.3 Å². The number of rotatable bonds is 2. The average Bonchev–Trinajstić information content (AvgIpc) is 2.80. The lowest BCUT2D eigenvalue weighted by atomic mass is 10.1. The molecule has 1 aromatic carbocycles. The van der Waals surface area contributed by atoms with Gasteiger partial charge in [0.05, 0.1) is 21.1 Å². The van der Waals surface area contributed by atoms with Gasteiger partial charge in [-0.25, -0.2) is 4.98 Å². The number of para-hydroxylation sites is 1. The SMILES string of the molecule is CC(=O)c1sc(C)nc1-c1cccc2cccnc12. The molecule has 0 bridgehead atoms. The van der Waals surface area contributed by atoms with E-state index in [2.05, 4.69) is 9.97 Å². The second kappa shape index (κ2) is 4.55. The van der Waals surface area contributed by atoms with Gasteiger partial charge in [-0.1, -0.05) is 24.3 Å². The summed E-state index contributed by atoms with van der Waals surface area (Å²) in [5, 5.41) is 1.95. The summed E-state index contributed by atoms with van der Waals surface area (Å²) in [7, 11) is 0. The molecular formula is C15H12N2OS. The zero-order valence-electron chi connectivity index (χ0n) is 10.7. The van der Waals surface area contributed by atoms with E-state index < -0.39 is 0 Å². The van der Waals surface area contributed by atoms with Crippen LogP contribution < -0.4 is 0 Å². The second-order valence-corrected chi connectivity index (χ2v) is 5.55. The van der Waals surface area contributed by atoms with E-state index in [1.165, 1.54) is 11.3 Å². The monoisotopic (exact) mass is 268 g/mol. The van der Waals surface area contributed by atoms with Crippen molar-refractivity contribution < 1.29 is 4.79 Å². The smallest absolute Gasteiger partial charge is 0.172 e. The van der Waals surface area contributed by atoms with Gasteiger partial charge < -0.3 is 0 Å². The lowest BCUT2D eigenvalue weighted by Gasteiger charge is -2.04. The molecule has 3 nitrogen and oxygen atoms in total. The first-order chi connectivity index (χ1) is 9.16. The normalized spacial score (nSPS) is 10.8. The van der Waals surface area contributed by atoms with E-state index in [0.29, 0.717) is 4.88 Å². The topological polar surface area (TPSA) is 42.9 Å². The summed E-state index contributed by atoms with van der Waals surface area (Å²) in [5.74, 6) is 0.0496. The molecule has 0 aliphatic heterocycles. The first-order valence-electron chi connectivity index (χ1n) is 5.99. The Morgan fingerprint density at radius 3 is 2.79 bits per heavy atom. The molecule has 0 unspecified atom stereocenters. The standard InChI is InChI=1S/C15H12N2OS/c1-9(18)15-14(17-10(2)19-15)12-7-3-5-11-6-4-8-16-13(11)12/h3-8H,1-2H3. The Bertz CT molecular complexity index is 771. The van der Waals surface area contributed by atoms with Crippen LogP contribution in [-0.4, -0.2) is 15.8 Å². The van der Waals surface area contributed by atoms with Gasteiger partial charge in [-0.3, -0.25) is 9.78 Å². The summed E-state index contributed by atoms with van der Waals surface area (Å²) in [6, 6.07) is 9.87. The number of aromatic nitrogens is 2. The number of carbonyl (C=O) groups is 1. The highest BCUT2D eigenvalue weighted by molar-refractivity contribution is 7.14. The van der Waals surface area contributed by atoms with Gasteiger partial charge in [0, 0.05) is 24.1 Å². The summed E-state index contributed by atoms with van der Waals surface area (Å²) in [6.45, 7) is 3.49. The fraction of sp³-hybridized carbons (Fsp3) is 0.133. The molecule has 19 heavy (non-hydrogen) atoms. The van der Waals surface area contributed by atoms with Crippen molar-refractivity contribution in [2.24, 2.45) is 0 Å². The number of nitrogens with zero attached hydrogens (tertiary/aromatic N) is 2. The summed E-state index contributed by atoms with van der Waals surface area (Å²) in [5.41, 5.74) is 2.56.